The number of fused-ring (bicyclic) bond motifs is 2. The molecule has 6 aromatic carbocycles. The van der Waals surface area contributed by atoms with Gasteiger partial charge in [-0.1, -0.05) is 24.3 Å². The number of azo groups is 2. The maximum atomic E-state index is 12.4. The van der Waals surface area contributed by atoms with E-state index in [1.165, 1.54) is 38.5 Å². The molecule has 6 rings (SSSR count). The normalized spacial score (nSPS) is 12.2. The van der Waals surface area contributed by atoms with Gasteiger partial charge in [-0.25, -0.2) is 0 Å². The zero-order valence-electron chi connectivity index (χ0n) is 26.6. The van der Waals surface area contributed by atoms with E-state index >= 15 is 0 Å². The molecule has 6 aromatic rings. The second-order valence-electron chi connectivity index (χ2n) is 10.8. The Labute approximate surface area is 290 Å². The quantitative estimate of drug-likeness (QED) is 0.0663. The third-order valence-corrected chi connectivity index (χ3v) is 9.37. The molecule has 5 N–H and O–H groups in total. The fraction of sp³-hybridized carbons (Fsp3) is 0.0588. The average molecular weight is 730 g/mol. The Bertz CT molecular complexity index is 2450. The molecule has 51 heavy (non-hydrogen) atoms. The van der Waals surface area contributed by atoms with E-state index in [2.05, 4.69) is 25.8 Å². The number of phenolic OH excluding ortho intramolecular Hbond substituents is 2. The number of ether oxygens (including phenoxy) is 2. The van der Waals surface area contributed by atoms with Crippen LogP contribution in [0.3, 0.4) is 0 Å². The van der Waals surface area contributed by atoms with Crippen LogP contribution in [-0.2, 0) is 20.2 Å². The van der Waals surface area contributed by atoms with E-state index in [1.807, 2.05) is 0 Å². The van der Waals surface area contributed by atoms with Crippen LogP contribution in [0.4, 0.5) is 34.1 Å². The Hall–Kier alpha value is -6.14. The number of aromatic hydroxyl groups is 2. The molecule has 0 atom stereocenters. The zero-order valence-corrected chi connectivity index (χ0v) is 28.2. The van der Waals surface area contributed by atoms with Crippen molar-refractivity contribution in [2.75, 3.05) is 19.5 Å². The predicted octanol–water partition coefficient (Wildman–Crippen LogP) is 8.49. The number of hydrogen-bond donors (Lipinski definition) is 5. The van der Waals surface area contributed by atoms with Crippen molar-refractivity contribution in [1.82, 2.24) is 0 Å². The highest BCUT2D eigenvalue weighted by atomic mass is 32.2. The summed E-state index contributed by atoms with van der Waals surface area (Å²) in [5.74, 6) is -0.413. The van der Waals surface area contributed by atoms with Gasteiger partial charge in [-0.2, -0.15) is 16.8 Å². The van der Waals surface area contributed by atoms with Crippen molar-refractivity contribution in [3.63, 3.8) is 0 Å². The highest BCUT2D eigenvalue weighted by Gasteiger charge is 2.24. The lowest BCUT2D eigenvalue weighted by molar-refractivity contribution is 0.415. The number of para-hydroxylation sites is 2. The van der Waals surface area contributed by atoms with Crippen molar-refractivity contribution in [2.45, 2.75) is 9.79 Å². The van der Waals surface area contributed by atoms with Gasteiger partial charge in [0, 0.05) is 22.1 Å². The summed E-state index contributed by atoms with van der Waals surface area (Å²) in [5.41, 5.74) is 0.326. The topological polar surface area (TPSA) is 229 Å². The number of hydrogen-bond acceptors (Lipinski definition) is 13. The number of benzene rings is 6. The lowest BCUT2D eigenvalue weighted by Crippen LogP contribution is -2.00. The van der Waals surface area contributed by atoms with Crippen LogP contribution in [0, 0.1) is 0 Å². The van der Waals surface area contributed by atoms with E-state index in [0.717, 1.165) is 12.1 Å². The molecule has 17 heteroatoms. The minimum atomic E-state index is -4.89. The summed E-state index contributed by atoms with van der Waals surface area (Å²) >= 11 is 0. The number of nitrogens with zero attached hydrogens (tertiary/aromatic N) is 4. The van der Waals surface area contributed by atoms with Crippen molar-refractivity contribution in [3.8, 4) is 23.0 Å². The van der Waals surface area contributed by atoms with Gasteiger partial charge in [0.25, 0.3) is 20.2 Å². The van der Waals surface area contributed by atoms with Gasteiger partial charge < -0.3 is 25.0 Å². The van der Waals surface area contributed by atoms with Gasteiger partial charge in [-0.05, 0) is 83.6 Å². The first kappa shape index (κ1) is 34.7. The molecule has 0 aliphatic carbocycles. The van der Waals surface area contributed by atoms with Crippen LogP contribution in [0.2, 0.25) is 0 Å². The smallest absolute Gasteiger partial charge is 0.296 e. The fourth-order valence-corrected chi connectivity index (χ4v) is 6.56. The molecular weight excluding hydrogens is 703 g/mol. The van der Waals surface area contributed by atoms with Crippen molar-refractivity contribution in [3.05, 3.63) is 97.1 Å². The van der Waals surface area contributed by atoms with E-state index in [0.29, 0.717) is 22.9 Å². The van der Waals surface area contributed by atoms with Gasteiger partial charge in [0.2, 0.25) is 0 Å². The van der Waals surface area contributed by atoms with E-state index in [1.54, 1.807) is 60.7 Å². The Morgan fingerprint density at radius 2 is 0.941 bits per heavy atom. The van der Waals surface area contributed by atoms with E-state index in [4.69, 9.17) is 9.47 Å². The summed E-state index contributed by atoms with van der Waals surface area (Å²) in [4.78, 5) is -1.39. The molecule has 260 valence electrons. The molecule has 0 amide bonds. The molecule has 0 unspecified atom stereocenters. The van der Waals surface area contributed by atoms with Crippen molar-refractivity contribution in [2.24, 2.45) is 20.5 Å². The van der Waals surface area contributed by atoms with Gasteiger partial charge in [0.1, 0.15) is 44.0 Å². The third kappa shape index (κ3) is 7.12. The number of nitrogens with one attached hydrogen (secondary N) is 1. The summed E-state index contributed by atoms with van der Waals surface area (Å²) in [5, 5.41) is 41.9. The number of anilines is 2. The zero-order chi connectivity index (χ0) is 36.5. The molecular formula is C34H27N5O10S2. The summed E-state index contributed by atoms with van der Waals surface area (Å²) in [6.07, 6.45) is 0. The van der Waals surface area contributed by atoms with Crippen molar-refractivity contribution in [1.29, 1.82) is 0 Å². The molecule has 0 spiro atoms. The fourth-order valence-electron chi connectivity index (χ4n) is 5.24. The highest BCUT2D eigenvalue weighted by Crippen LogP contribution is 2.45. The molecule has 0 saturated carbocycles. The third-order valence-electron chi connectivity index (χ3n) is 7.63. The first-order valence-electron chi connectivity index (χ1n) is 14.7. The molecule has 0 heterocycles. The van der Waals surface area contributed by atoms with E-state index < -0.39 is 52.9 Å². The van der Waals surface area contributed by atoms with Crippen LogP contribution in [0.15, 0.2) is 127 Å². The molecule has 0 radical (unpaired) electrons. The van der Waals surface area contributed by atoms with Gasteiger partial charge in [-0.3, -0.25) is 9.11 Å². The second kappa shape index (κ2) is 13.6. The van der Waals surface area contributed by atoms with E-state index in [9.17, 15) is 36.2 Å². The largest absolute Gasteiger partial charge is 0.505 e. The van der Waals surface area contributed by atoms with Gasteiger partial charge in [0.15, 0.2) is 11.5 Å². The van der Waals surface area contributed by atoms with Crippen LogP contribution in [0.5, 0.6) is 23.0 Å². The summed E-state index contributed by atoms with van der Waals surface area (Å²) < 4.78 is 80.0. The first-order valence-corrected chi connectivity index (χ1v) is 17.6. The Morgan fingerprint density at radius 1 is 0.549 bits per heavy atom. The molecule has 0 aliphatic rings. The van der Waals surface area contributed by atoms with Crippen LogP contribution < -0.4 is 14.8 Å². The second-order valence-corrected chi connectivity index (χ2v) is 13.6. The lowest BCUT2D eigenvalue weighted by Gasteiger charge is -2.13. The molecule has 15 nitrogen and oxygen atoms in total. The van der Waals surface area contributed by atoms with Gasteiger partial charge in [0.05, 0.1) is 14.2 Å². The van der Waals surface area contributed by atoms with Crippen LogP contribution in [0.1, 0.15) is 0 Å². The molecule has 0 aliphatic heterocycles. The standard InChI is InChI=1S/C34H27N5O10S2/c1-48-27-9-5-3-7-25(27)36-38-31-29(50(42,43)44)17-19-15-21(11-13-23(19)33(31)40)35-22-12-14-24-20(16-22)18-30(51(45,46)47)32(34(24)41)39-37-26-8-4-6-10-28(26)49-2/h3-18,35,40-41H,1-2H3,(H,42,43,44)(H,45,46,47). The minimum absolute atomic E-state index is 0.193. The molecule has 0 aromatic heterocycles. The van der Waals surface area contributed by atoms with Crippen molar-refractivity contribution >= 4 is 75.9 Å². The SMILES string of the molecule is COc1ccccc1N=Nc1c(S(=O)(=O)O)cc2cc(Nc3ccc4c(O)c(N=Nc5ccccc5OC)c(S(=O)(=O)O)cc4c3)ccc2c1O. The number of phenols is 2. The average Bonchev–Trinajstić information content (AvgIpc) is 3.10. The van der Waals surface area contributed by atoms with Gasteiger partial charge >= 0.3 is 0 Å². The molecule has 0 bridgehead atoms. The van der Waals surface area contributed by atoms with E-state index in [-0.39, 0.29) is 32.9 Å². The summed E-state index contributed by atoms with van der Waals surface area (Å²) in [6.45, 7) is 0. The monoisotopic (exact) mass is 729 g/mol. The first-order chi connectivity index (χ1) is 24.3. The van der Waals surface area contributed by atoms with Crippen molar-refractivity contribution < 1.29 is 45.6 Å². The maximum Gasteiger partial charge on any atom is 0.296 e. The predicted molar refractivity (Wildman–Crippen MR) is 188 cm³/mol. The molecule has 0 saturated heterocycles. The molecule has 0 fully saturated rings. The summed E-state index contributed by atoms with van der Waals surface area (Å²) in [7, 11) is -6.94. The maximum absolute atomic E-state index is 12.4. The number of methoxy groups -OCH3 is 2. The Morgan fingerprint density at radius 3 is 1.31 bits per heavy atom. The van der Waals surface area contributed by atoms with Crippen LogP contribution in [-0.4, -0.2) is 50.4 Å². The Balaban J connectivity index is 1.38. The highest BCUT2D eigenvalue weighted by molar-refractivity contribution is 7.86. The number of rotatable bonds is 10. The summed E-state index contributed by atoms with van der Waals surface area (Å²) in [6, 6.07) is 24.5. The lowest BCUT2D eigenvalue weighted by atomic mass is 10.1. The van der Waals surface area contributed by atoms with Gasteiger partial charge in [-0.15, -0.1) is 20.5 Å². The van der Waals surface area contributed by atoms with Crippen LogP contribution in [0.25, 0.3) is 21.5 Å². The van der Waals surface area contributed by atoms with Crippen LogP contribution >= 0.6 is 0 Å². The minimum Gasteiger partial charge on any atom is -0.505 e. The Kier molecular flexibility index (Phi) is 9.28.